The molecule has 0 atom stereocenters. The van der Waals surface area contributed by atoms with Gasteiger partial charge in [-0.15, -0.1) is 0 Å². The monoisotopic (exact) mass is 397 g/mol. The molecule has 0 unspecified atom stereocenters. The molecule has 2 aliphatic rings. The van der Waals surface area contributed by atoms with E-state index in [2.05, 4.69) is 9.89 Å². The number of thioether (sulfide) groups is 1. The summed E-state index contributed by atoms with van der Waals surface area (Å²) in [5.41, 5.74) is 2.30. The van der Waals surface area contributed by atoms with Crippen molar-refractivity contribution in [3.63, 3.8) is 0 Å². The van der Waals surface area contributed by atoms with Gasteiger partial charge in [0, 0.05) is 31.4 Å². The van der Waals surface area contributed by atoms with Crippen LogP contribution in [0.3, 0.4) is 0 Å². The molecule has 4 rings (SSSR count). The predicted molar refractivity (Wildman–Crippen MR) is 111 cm³/mol. The van der Waals surface area contributed by atoms with Crippen LogP contribution in [0.1, 0.15) is 5.56 Å². The topological polar surface area (TPSA) is 45.1 Å². The molecule has 2 heterocycles. The third kappa shape index (κ3) is 3.95. The van der Waals surface area contributed by atoms with Crippen molar-refractivity contribution in [2.24, 2.45) is 4.99 Å². The molecular formula is C21H20FN3O2S. The van der Waals surface area contributed by atoms with Gasteiger partial charge in [0.05, 0.1) is 23.8 Å². The van der Waals surface area contributed by atoms with E-state index < -0.39 is 0 Å². The first-order valence-corrected chi connectivity index (χ1v) is 9.87. The van der Waals surface area contributed by atoms with Crippen LogP contribution in [-0.2, 0) is 9.53 Å². The highest BCUT2D eigenvalue weighted by Gasteiger charge is 2.30. The Morgan fingerprint density at radius 1 is 1.11 bits per heavy atom. The van der Waals surface area contributed by atoms with E-state index in [4.69, 9.17) is 4.74 Å². The highest BCUT2D eigenvalue weighted by atomic mass is 32.2. The van der Waals surface area contributed by atoms with Gasteiger partial charge in [-0.3, -0.25) is 9.69 Å². The van der Waals surface area contributed by atoms with E-state index in [1.165, 1.54) is 22.7 Å². The van der Waals surface area contributed by atoms with Gasteiger partial charge in [0.2, 0.25) is 0 Å². The molecule has 1 amide bonds. The van der Waals surface area contributed by atoms with Crippen molar-refractivity contribution in [2.45, 2.75) is 0 Å². The van der Waals surface area contributed by atoms with E-state index in [1.54, 1.807) is 31.3 Å². The Balaban J connectivity index is 1.53. The SMILES string of the molecule is CN1C(=O)C(=Cc2ccccc2F)SC1=Nc1ccc(N2CCOCC2)cc1. The molecule has 28 heavy (non-hydrogen) atoms. The van der Waals surface area contributed by atoms with Gasteiger partial charge < -0.3 is 9.64 Å². The molecule has 0 aromatic heterocycles. The van der Waals surface area contributed by atoms with Crippen LogP contribution in [0.25, 0.3) is 6.08 Å². The fraction of sp³-hybridized carbons (Fsp3) is 0.238. The van der Waals surface area contributed by atoms with Crippen LogP contribution in [0.2, 0.25) is 0 Å². The first-order valence-electron chi connectivity index (χ1n) is 9.05. The number of carbonyl (C=O) groups is 1. The maximum Gasteiger partial charge on any atom is 0.266 e. The Morgan fingerprint density at radius 3 is 2.54 bits per heavy atom. The van der Waals surface area contributed by atoms with E-state index in [1.807, 2.05) is 24.3 Å². The molecule has 0 N–H and O–H groups in total. The Hall–Kier alpha value is -2.64. The molecule has 0 aliphatic carbocycles. The molecular weight excluding hydrogens is 377 g/mol. The number of amides is 1. The quantitative estimate of drug-likeness (QED) is 0.737. The Bertz CT molecular complexity index is 937. The van der Waals surface area contributed by atoms with Crippen LogP contribution in [0, 0.1) is 5.82 Å². The fourth-order valence-corrected chi connectivity index (χ4v) is 4.03. The molecule has 0 radical (unpaired) electrons. The number of hydrogen-bond acceptors (Lipinski definition) is 5. The summed E-state index contributed by atoms with van der Waals surface area (Å²) in [6.07, 6.45) is 1.57. The number of anilines is 1. The van der Waals surface area contributed by atoms with E-state index in [-0.39, 0.29) is 11.7 Å². The number of likely N-dealkylation sites (N-methyl/N-ethyl adjacent to an activating group) is 1. The highest BCUT2D eigenvalue weighted by Crippen LogP contribution is 2.33. The Kier molecular flexibility index (Phi) is 5.45. The lowest BCUT2D eigenvalue weighted by Crippen LogP contribution is -2.36. The summed E-state index contributed by atoms with van der Waals surface area (Å²) in [5, 5.41) is 0.576. The highest BCUT2D eigenvalue weighted by molar-refractivity contribution is 8.18. The first kappa shape index (κ1) is 18.7. The average molecular weight is 397 g/mol. The van der Waals surface area contributed by atoms with Crippen molar-refractivity contribution in [3.05, 3.63) is 64.8 Å². The molecule has 2 aromatic rings. The van der Waals surface area contributed by atoms with Gasteiger partial charge in [-0.1, -0.05) is 18.2 Å². The van der Waals surface area contributed by atoms with Crippen LogP contribution in [0.15, 0.2) is 58.4 Å². The van der Waals surface area contributed by atoms with Crippen LogP contribution >= 0.6 is 11.8 Å². The minimum Gasteiger partial charge on any atom is -0.378 e. The van der Waals surface area contributed by atoms with E-state index in [9.17, 15) is 9.18 Å². The largest absolute Gasteiger partial charge is 0.378 e. The molecule has 0 spiro atoms. The van der Waals surface area contributed by atoms with Crippen molar-refractivity contribution in [1.82, 2.24) is 4.90 Å². The van der Waals surface area contributed by atoms with Crippen molar-refractivity contribution in [2.75, 3.05) is 38.3 Å². The summed E-state index contributed by atoms with van der Waals surface area (Å²) in [5.74, 6) is -0.535. The second-order valence-corrected chi connectivity index (χ2v) is 7.52. The molecule has 7 heteroatoms. The van der Waals surface area contributed by atoms with Gasteiger partial charge in [0.15, 0.2) is 5.17 Å². The van der Waals surface area contributed by atoms with Crippen LogP contribution in [0.4, 0.5) is 15.8 Å². The summed E-state index contributed by atoms with van der Waals surface area (Å²) in [6.45, 7) is 3.24. The zero-order valence-electron chi connectivity index (χ0n) is 15.5. The number of nitrogens with zero attached hydrogens (tertiary/aromatic N) is 3. The lowest BCUT2D eigenvalue weighted by molar-refractivity contribution is -0.121. The fourth-order valence-electron chi connectivity index (χ4n) is 3.06. The number of halogens is 1. The summed E-state index contributed by atoms with van der Waals surface area (Å²) in [4.78, 5) is 21.3. The van der Waals surface area contributed by atoms with E-state index in [0.717, 1.165) is 37.7 Å². The maximum absolute atomic E-state index is 13.9. The average Bonchev–Trinajstić information content (AvgIpc) is 2.99. The molecule has 2 aliphatic heterocycles. The van der Waals surface area contributed by atoms with Gasteiger partial charge in [-0.05, 0) is 48.2 Å². The summed E-state index contributed by atoms with van der Waals surface area (Å²) in [7, 11) is 1.68. The number of carbonyl (C=O) groups excluding carboxylic acids is 1. The Labute approximate surface area is 167 Å². The van der Waals surface area contributed by atoms with Crippen LogP contribution < -0.4 is 4.90 Å². The molecule has 5 nitrogen and oxygen atoms in total. The minimum absolute atomic E-state index is 0.183. The van der Waals surface area contributed by atoms with Gasteiger partial charge >= 0.3 is 0 Å². The lowest BCUT2D eigenvalue weighted by atomic mass is 10.2. The third-order valence-electron chi connectivity index (χ3n) is 4.65. The zero-order chi connectivity index (χ0) is 19.5. The molecule has 144 valence electrons. The summed E-state index contributed by atoms with van der Waals surface area (Å²) >= 11 is 1.25. The molecule has 0 saturated carbocycles. The second-order valence-electron chi connectivity index (χ2n) is 6.51. The van der Waals surface area contributed by atoms with Gasteiger partial charge in [0.25, 0.3) is 5.91 Å². The van der Waals surface area contributed by atoms with E-state index in [0.29, 0.717) is 15.6 Å². The van der Waals surface area contributed by atoms with Crippen molar-refractivity contribution in [1.29, 1.82) is 0 Å². The van der Waals surface area contributed by atoms with E-state index >= 15 is 0 Å². The summed E-state index contributed by atoms with van der Waals surface area (Å²) < 4.78 is 19.3. The lowest BCUT2D eigenvalue weighted by Gasteiger charge is -2.28. The molecule has 2 saturated heterocycles. The second kappa shape index (κ2) is 8.16. The summed E-state index contributed by atoms with van der Waals surface area (Å²) in [6, 6.07) is 14.3. The number of ether oxygens (including phenoxy) is 1. The standard InChI is InChI=1S/C21H20FN3O2S/c1-24-20(26)19(14-15-4-2-3-5-18(15)22)28-21(24)23-16-6-8-17(9-7-16)25-10-12-27-13-11-25/h2-9,14H,10-13H2,1H3. The normalized spacial score (nSPS) is 20.4. The number of morpholine rings is 1. The number of amidine groups is 1. The van der Waals surface area contributed by atoms with Gasteiger partial charge in [-0.2, -0.15) is 0 Å². The maximum atomic E-state index is 13.9. The first-order chi connectivity index (χ1) is 13.6. The van der Waals surface area contributed by atoms with Gasteiger partial charge in [0.1, 0.15) is 5.82 Å². The molecule has 2 fully saturated rings. The number of rotatable bonds is 3. The van der Waals surface area contributed by atoms with Crippen molar-refractivity contribution < 1.29 is 13.9 Å². The third-order valence-corrected chi connectivity index (χ3v) is 5.71. The number of hydrogen-bond donors (Lipinski definition) is 0. The molecule has 2 aromatic carbocycles. The molecule has 0 bridgehead atoms. The Morgan fingerprint density at radius 2 is 1.82 bits per heavy atom. The van der Waals surface area contributed by atoms with Crippen molar-refractivity contribution in [3.8, 4) is 0 Å². The minimum atomic E-state index is -0.352. The number of aliphatic imine (C=N–C) groups is 1. The van der Waals surface area contributed by atoms with Crippen LogP contribution in [0.5, 0.6) is 0 Å². The van der Waals surface area contributed by atoms with Crippen LogP contribution in [-0.4, -0.2) is 49.3 Å². The van der Waals surface area contributed by atoms with Crippen molar-refractivity contribution >= 4 is 40.3 Å². The predicted octanol–water partition coefficient (Wildman–Crippen LogP) is 3.90. The number of benzene rings is 2. The zero-order valence-corrected chi connectivity index (χ0v) is 16.3. The van der Waals surface area contributed by atoms with Gasteiger partial charge in [-0.25, -0.2) is 9.38 Å². The smallest absolute Gasteiger partial charge is 0.266 e.